The van der Waals surface area contributed by atoms with Crippen molar-refractivity contribution in [3.05, 3.63) is 87.3 Å². The molecule has 0 saturated carbocycles. The molecule has 7 nitrogen and oxygen atoms in total. The van der Waals surface area contributed by atoms with Crippen molar-refractivity contribution in [3.8, 4) is 11.5 Å². The second-order valence-corrected chi connectivity index (χ2v) is 5.74. The van der Waals surface area contributed by atoms with E-state index in [0.29, 0.717) is 11.5 Å². The Balaban J connectivity index is 1.72. The molecule has 1 amide bonds. The summed E-state index contributed by atoms with van der Waals surface area (Å²) >= 11 is 5.74. The van der Waals surface area contributed by atoms with Gasteiger partial charge in [0, 0.05) is 11.1 Å². The summed E-state index contributed by atoms with van der Waals surface area (Å²) in [4.78, 5) is 26.7. The lowest BCUT2D eigenvalue weighted by molar-refractivity contribution is -0.385. The van der Waals surface area contributed by atoms with E-state index in [-0.39, 0.29) is 22.2 Å². The van der Waals surface area contributed by atoms with Crippen molar-refractivity contribution in [3.63, 3.8) is 0 Å². The van der Waals surface area contributed by atoms with Crippen LogP contribution in [0.3, 0.4) is 0 Å². The molecule has 0 saturated heterocycles. The topological polar surface area (TPSA) is 94.4 Å². The van der Waals surface area contributed by atoms with E-state index < -0.39 is 16.5 Å². The highest BCUT2D eigenvalue weighted by molar-refractivity contribution is 6.31. The number of hydrogen-bond donors (Lipinski definition) is 1. The minimum Gasteiger partial charge on any atom is -0.456 e. The SMILES string of the molecule is O=C(Nc1ccc(Oc2ccc(F)cc2)cn1)c1ccc(Cl)cc1[N+](=O)[O-]. The average molecular weight is 388 g/mol. The predicted octanol–water partition coefficient (Wildman–Crippen LogP) is 4.83. The summed E-state index contributed by atoms with van der Waals surface area (Å²) in [6.45, 7) is 0. The Morgan fingerprint density at radius 3 is 2.44 bits per heavy atom. The first kappa shape index (κ1) is 18.3. The highest BCUT2D eigenvalue weighted by Gasteiger charge is 2.21. The summed E-state index contributed by atoms with van der Waals surface area (Å²) in [7, 11) is 0. The highest BCUT2D eigenvalue weighted by atomic mass is 35.5. The lowest BCUT2D eigenvalue weighted by Crippen LogP contribution is -2.14. The van der Waals surface area contributed by atoms with Gasteiger partial charge in [0.25, 0.3) is 11.6 Å². The fourth-order valence-electron chi connectivity index (χ4n) is 2.18. The monoisotopic (exact) mass is 387 g/mol. The molecule has 0 radical (unpaired) electrons. The third kappa shape index (κ3) is 4.56. The number of anilines is 1. The minimum absolute atomic E-state index is 0.141. The van der Waals surface area contributed by atoms with Gasteiger partial charge in [-0.05, 0) is 48.5 Å². The molecule has 1 aromatic heterocycles. The van der Waals surface area contributed by atoms with E-state index in [9.17, 15) is 19.3 Å². The molecule has 0 aliphatic carbocycles. The van der Waals surface area contributed by atoms with Gasteiger partial charge >= 0.3 is 0 Å². The van der Waals surface area contributed by atoms with Crippen LogP contribution in [0.15, 0.2) is 60.8 Å². The molecule has 0 atom stereocenters. The molecular weight excluding hydrogens is 377 g/mol. The van der Waals surface area contributed by atoms with Crippen LogP contribution in [0, 0.1) is 15.9 Å². The highest BCUT2D eigenvalue weighted by Crippen LogP contribution is 2.25. The zero-order chi connectivity index (χ0) is 19.4. The lowest BCUT2D eigenvalue weighted by Gasteiger charge is -2.08. The van der Waals surface area contributed by atoms with Crippen molar-refractivity contribution in [1.29, 1.82) is 0 Å². The maximum absolute atomic E-state index is 12.9. The molecule has 1 N–H and O–H groups in total. The van der Waals surface area contributed by atoms with Crippen LogP contribution in [0.1, 0.15) is 10.4 Å². The van der Waals surface area contributed by atoms with E-state index in [2.05, 4.69) is 10.3 Å². The van der Waals surface area contributed by atoms with Gasteiger partial charge in [-0.3, -0.25) is 14.9 Å². The van der Waals surface area contributed by atoms with E-state index in [1.54, 1.807) is 6.07 Å². The molecule has 0 aliphatic heterocycles. The molecule has 0 unspecified atom stereocenters. The molecule has 9 heteroatoms. The number of rotatable bonds is 5. The van der Waals surface area contributed by atoms with Gasteiger partial charge in [0.2, 0.25) is 0 Å². The molecule has 0 bridgehead atoms. The number of carbonyl (C=O) groups excluding carboxylic acids is 1. The summed E-state index contributed by atoms with van der Waals surface area (Å²) in [6.07, 6.45) is 1.36. The summed E-state index contributed by atoms with van der Waals surface area (Å²) < 4.78 is 18.4. The average Bonchev–Trinajstić information content (AvgIpc) is 2.65. The van der Waals surface area contributed by atoms with Gasteiger partial charge in [-0.25, -0.2) is 9.37 Å². The van der Waals surface area contributed by atoms with E-state index in [1.165, 1.54) is 48.7 Å². The fraction of sp³-hybridized carbons (Fsp3) is 0. The maximum atomic E-state index is 12.9. The van der Waals surface area contributed by atoms with E-state index >= 15 is 0 Å². The fourth-order valence-corrected chi connectivity index (χ4v) is 2.35. The van der Waals surface area contributed by atoms with Crippen LogP contribution >= 0.6 is 11.6 Å². The third-order valence-electron chi connectivity index (χ3n) is 3.43. The van der Waals surface area contributed by atoms with Crippen molar-refractivity contribution in [2.75, 3.05) is 5.32 Å². The number of aromatic nitrogens is 1. The Morgan fingerprint density at radius 2 is 1.81 bits per heavy atom. The Bertz CT molecular complexity index is 994. The molecule has 27 heavy (non-hydrogen) atoms. The number of ether oxygens (including phenoxy) is 1. The first-order chi connectivity index (χ1) is 12.9. The number of nitrogens with one attached hydrogen (secondary N) is 1. The minimum atomic E-state index is -0.696. The van der Waals surface area contributed by atoms with Gasteiger partial charge in [-0.2, -0.15) is 0 Å². The Morgan fingerprint density at radius 1 is 1.11 bits per heavy atom. The van der Waals surface area contributed by atoms with Gasteiger partial charge in [0.15, 0.2) is 0 Å². The molecule has 0 aliphatic rings. The van der Waals surface area contributed by atoms with Crippen LogP contribution in [0.25, 0.3) is 0 Å². The number of nitro benzene ring substituents is 1. The van der Waals surface area contributed by atoms with Gasteiger partial charge in [0.1, 0.15) is 28.7 Å². The predicted molar refractivity (Wildman–Crippen MR) is 96.8 cm³/mol. The first-order valence-electron chi connectivity index (χ1n) is 7.57. The third-order valence-corrected chi connectivity index (χ3v) is 3.66. The lowest BCUT2D eigenvalue weighted by atomic mass is 10.1. The van der Waals surface area contributed by atoms with Crippen molar-refractivity contribution in [2.24, 2.45) is 0 Å². The van der Waals surface area contributed by atoms with Gasteiger partial charge < -0.3 is 10.1 Å². The molecule has 3 rings (SSSR count). The number of halogens is 2. The first-order valence-corrected chi connectivity index (χ1v) is 7.95. The van der Waals surface area contributed by atoms with Crippen molar-refractivity contribution < 1.29 is 18.8 Å². The molecule has 3 aromatic rings. The summed E-state index contributed by atoms with van der Waals surface area (Å²) in [5.74, 6) is -0.104. The largest absolute Gasteiger partial charge is 0.456 e. The molecular formula is C18H11ClFN3O4. The maximum Gasteiger partial charge on any atom is 0.283 e. The standard InChI is InChI=1S/C18H11ClFN3O4/c19-11-1-7-15(16(9-11)23(25)26)18(24)22-17-8-6-14(10-21-17)27-13-4-2-12(20)3-5-13/h1-10H,(H,21,22,24). The smallest absolute Gasteiger partial charge is 0.283 e. The van der Waals surface area contributed by atoms with Crippen LogP contribution in [0.4, 0.5) is 15.9 Å². The van der Waals surface area contributed by atoms with Crippen molar-refractivity contribution in [1.82, 2.24) is 4.98 Å². The molecule has 2 aromatic carbocycles. The second-order valence-electron chi connectivity index (χ2n) is 5.31. The number of hydrogen-bond acceptors (Lipinski definition) is 5. The number of amides is 1. The van der Waals surface area contributed by atoms with Gasteiger partial charge in [-0.1, -0.05) is 11.6 Å². The Kier molecular flexibility index (Phi) is 5.28. The van der Waals surface area contributed by atoms with E-state index in [4.69, 9.17) is 16.3 Å². The Hall–Kier alpha value is -3.52. The number of nitro groups is 1. The molecule has 1 heterocycles. The summed E-state index contributed by atoms with van der Waals surface area (Å²) in [6, 6.07) is 12.2. The van der Waals surface area contributed by atoms with Crippen LogP contribution in [0.2, 0.25) is 5.02 Å². The molecule has 136 valence electrons. The summed E-state index contributed by atoms with van der Waals surface area (Å²) in [5, 5.41) is 13.7. The quantitative estimate of drug-likeness (QED) is 0.500. The number of nitrogens with zero attached hydrogens (tertiary/aromatic N) is 2. The van der Waals surface area contributed by atoms with Crippen LogP contribution in [0.5, 0.6) is 11.5 Å². The van der Waals surface area contributed by atoms with Crippen LogP contribution in [-0.2, 0) is 0 Å². The number of pyridine rings is 1. The summed E-state index contributed by atoms with van der Waals surface area (Å²) in [5.41, 5.74) is -0.547. The number of benzene rings is 2. The van der Waals surface area contributed by atoms with Gasteiger partial charge in [-0.15, -0.1) is 0 Å². The Labute approximate surface area is 157 Å². The van der Waals surface area contributed by atoms with Crippen molar-refractivity contribution in [2.45, 2.75) is 0 Å². The zero-order valence-corrected chi connectivity index (χ0v) is 14.3. The van der Waals surface area contributed by atoms with Crippen LogP contribution < -0.4 is 10.1 Å². The number of carbonyl (C=O) groups is 1. The normalized spacial score (nSPS) is 10.3. The van der Waals surface area contributed by atoms with Gasteiger partial charge in [0.05, 0.1) is 11.1 Å². The van der Waals surface area contributed by atoms with E-state index in [1.807, 2.05) is 0 Å². The van der Waals surface area contributed by atoms with E-state index in [0.717, 1.165) is 6.07 Å². The van der Waals surface area contributed by atoms with Crippen molar-refractivity contribution >= 4 is 29.0 Å². The zero-order valence-electron chi connectivity index (χ0n) is 13.6. The van der Waals surface area contributed by atoms with Crippen LogP contribution in [-0.4, -0.2) is 15.8 Å². The second kappa shape index (κ2) is 7.79. The molecule has 0 spiro atoms. The molecule has 0 fully saturated rings.